The van der Waals surface area contributed by atoms with Crippen molar-refractivity contribution in [1.82, 2.24) is 0 Å². The Kier molecular flexibility index (Phi) is 602. The molecular weight excluding hydrogens is 283 g/mol. The van der Waals surface area contributed by atoms with E-state index in [1.54, 1.807) is 0 Å². The molecule has 0 amide bonds. The maximum Gasteiger partial charge on any atom is 2.00 e. The molecule has 0 aromatic rings. The largest absolute Gasteiger partial charge is 2.00 e. The second kappa shape index (κ2) is 49.1. The van der Waals surface area contributed by atoms with Gasteiger partial charge < -0.3 is 54.0 Å². The molecule has 0 unspecified atom stereocenters. The minimum atomic E-state index is 0. The van der Waals surface area contributed by atoms with Crippen molar-refractivity contribution in [2.75, 3.05) is 0 Å². The average Bonchev–Trinajstić information content (AvgIpc) is 0. The van der Waals surface area contributed by atoms with Gasteiger partial charge in [-0.15, -0.1) is 0 Å². The Morgan fingerprint density at radius 2 is 0.500 bits per heavy atom. The first-order chi connectivity index (χ1) is 0. The normalized spacial score (nSPS) is 0. The molecule has 0 aromatic heterocycles. The molecule has 0 aliphatic heterocycles. The quantitative estimate of drug-likeness (QED) is 0.548. The maximum atomic E-state index is 0. The average molecular weight is 283 g/mol. The van der Waals surface area contributed by atoms with Crippen LogP contribution in [0.4, 0.5) is 0 Å². The summed E-state index contributed by atoms with van der Waals surface area (Å²) in [6.45, 7) is 0. The molecule has 0 aliphatic carbocycles. The first-order valence-electron chi connectivity index (χ1n) is 0. The molecule has 0 fully saturated rings. The van der Waals surface area contributed by atoms with Gasteiger partial charge in [0.15, 0.2) is 0 Å². The molecule has 0 atom stereocenters. The summed E-state index contributed by atoms with van der Waals surface area (Å²) < 4.78 is 0. The second-order valence-electron chi connectivity index (χ2n) is 0. The van der Waals surface area contributed by atoms with E-state index in [0.29, 0.717) is 0 Å². The van der Waals surface area contributed by atoms with Crippen molar-refractivity contribution < 1.29 is 37.8 Å². The summed E-state index contributed by atoms with van der Waals surface area (Å²) in [5.41, 5.74) is 0. The Bertz CT molecular complexity index is 7.51. The topological polar surface area (TPSA) is 0 Å². The summed E-state index contributed by atoms with van der Waals surface area (Å²) in [7, 11) is 0. The van der Waals surface area contributed by atoms with E-state index in [2.05, 4.69) is 0 Å². The summed E-state index contributed by atoms with van der Waals surface area (Å²) >= 11 is 0. The van der Waals surface area contributed by atoms with Gasteiger partial charge >= 0.3 is 16.8 Å². The van der Waals surface area contributed by atoms with Crippen molar-refractivity contribution >= 4 is 54.0 Å². The smallest absolute Gasteiger partial charge is 2.00 e. The van der Waals surface area contributed by atoms with Crippen LogP contribution in [0.1, 0.15) is 0 Å². The van der Waals surface area contributed by atoms with Crippen LogP contribution in [0.3, 0.4) is 0 Å². The zero-order valence-electron chi connectivity index (χ0n) is 2.37. The summed E-state index contributed by atoms with van der Waals surface area (Å²) in [6.07, 6.45) is 0. The van der Waals surface area contributed by atoms with Gasteiger partial charge in [-0.1, -0.05) is 0 Å². The zero-order chi connectivity index (χ0) is 0. The second-order valence-corrected chi connectivity index (χ2v) is 0. The predicted octanol–water partition coefficient (Wildman–Crippen LogP) is -0.0146. The third-order valence-corrected chi connectivity index (χ3v) is 0. The molecular formula is CoMoS4-6. The molecule has 0 nitrogen and oxygen atoms in total. The molecule has 0 aliphatic rings. The van der Waals surface area contributed by atoms with E-state index in [9.17, 15) is 0 Å². The van der Waals surface area contributed by atoms with E-state index in [1.807, 2.05) is 0 Å². The molecule has 0 saturated carbocycles. The molecule has 0 spiro atoms. The SMILES string of the molecule is [Co+2].[Mo].[S-2].[S-2].[S-2].[S-2]. The van der Waals surface area contributed by atoms with Crippen molar-refractivity contribution in [2.24, 2.45) is 0 Å². The molecule has 0 bridgehead atoms. The van der Waals surface area contributed by atoms with Gasteiger partial charge in [-0.25, -0.2) is 0 Å². The van der Waals surface area contributed by atoms with Gasteiger partial charge in [0.2, 0.25) is 0 Å². The summed E-state index contributed by atoms with van der Waals surface area (Å²) in [5.74, 6) is 0. The Labute approximate surface area is 90.8 Å². The van der Waals surface area contributed by atoms with Gasteiger partial charge in [0.05, 0.1) is 0 Å². The van der Waals surface area contributed by atoms with E-state index < -0.39 is 0 Å². The van der Waals surface area contributed by atoms with Crippen LogP contribution in [0.25, 0.3) is 0 Å². The number of hydrogen-bond acceptors (Lipinski definition) is 0. The van der Waals surface area contributed by atoms with Crippen LogP contribution in [-0.4, -0.2) is 0 Å². The molecule has 0 rings (SSSR count). The van der Waals surface area contributed by atoms with Crippen LogP contribution in [0.5, 0.6) is 0 Å². The van der Waals surface area contributed by atoms with Crippen LogP contribution in [0.2, 0.25) is 0 Å². The fourth-order valence-electron chi connectivity index (χ4n) is 0. The standard InChI is InChI=1S/Co.Mo.4S/q+2;;4*-2. The van der Waals surface area contributed by atoms with Crippen molar-refractivity contribution in [3.8, 4) is 0 Å². The van der Waals surface area contributed by atoms with Gasteiger partial charge in [-0.3, -0.25) is 0 Å². The monoisotopic (exact) mass is 285 g/mol. The van der Waals surface area contributed by atoms with Crippen molar-refractivity contribution in [2.45, 2.75) is 0 Å². The van der Waals surface area contributed by atoms with Crippen LogP contribution in [0, 0.1) is 0 Å². The van der Waals surface area contributed by atoms with Crippen molar-refractivity contribution in [3.63, 3.8) is 0 Å². The molecule has 45 valence electrons. The van der Waals surface area contributed by atoms with Gasteiger partial charge in [0.25, 0.3) is 0 Å². The van der Waals surface area contributed by atoms with Gasteiger partial charge in [-0.2, -0.15) is 0 Å². The van der Waals surface area contributed by atoms with Crippen LogP contribution in [-0.2, 0) is 91.8 Å². The molecule has 0 aromatic carbocycles. The minimum Gasteiger partial charge on any atom is -2.00 e. The van der Waals surface area contributed by atoms with Gasteiger partial charge in [0, 0.05) is 21.1 Å². The third kappa shape index (κ3) is 30.7. The molecule has 0 N–H and O–H groups in total. The van der Waals surface area contributed by atoms with Crippen LogP contribution in [0.15, 0.2) is 0 Å². The predicted molar refractivity (Wildman–Crippen MR) is 29.5 cm³/mol. The molecule has 6 heavy (non-hydrogen) atoms. The Balaban J connectivity index is 0. The van der Waals surface area contributed by atoms with E-state index in [-0.39, 0.29) is 91.8 Å². The molecule has 0 saturated heterocycles. The van der Waals surface area contributed by atoms with E-state index in [4.69, 9.17) is 0 Å². The fraction of sp³-hybridized carbons (Fsp3) is 0. The number of rotatable bonds is 0. The third-order valence-electron chi connectivity index (χ3n) is 0. The fourth-order valence-corrected chi connectivity index (χ4v) is 0. The summed E-state index contributed by atoms with van der Waals surface area (Å²) in [5, 5.41) is 0. The first-order valence-corrected chi connectivity index (χ1v) is 0. The van der Waals surface area contributed by atoms with E-state index >= 15 is 0 Å². The summed E-state index contributed by atoms with van der Waals surface area (Å²) in [4.78, 5) is 0. The number of hydrogen-bond donors (Lipinski definition) is 0. The molecule has 0 heterocycles. The maximum absolute atomic E-state index is 0. The molecule has 1 radical (unpaired) electrons. The van der Waals surface area contributed by atoms with Crippen LogP contribution >= 0.6 is 0 Å². The van der Waals surface area contributed by atoms with Crippen LogP contribution < -0.4 is 0 Å². The van der Waals surface area contributed by atoms with Gasteiger partial charge in [-0.05, 0) is 0 Å². The van der Waals surface area contributed by atoms with Crippen molar-refractivity contribution in [1.29, 1.82) is 0 Å². The zero-order valence-corrected chi connectivity index (χ0v) is 8.69. The molecule has 6 heteroatoms. The summed E-state index contributed by atoms with van der Waals surface area (Å²) in [6, 6.07) is 0. The van der Waals surface area contributed by atoms with E-state index in [0.717, 1.165) is 0 Å². The Morgan fingerprint density at radius 3 is 0.500 bits per heavy atom. The van der Waals surface area contributed by atoms with E-state index in [1.165, 1.54) is 0 Å². The first kappa shape index (κ1) is 73.6. The Hall–Kier alpha value is 2.59. The van der Waals surface area contributed by atoms with Crippen molar-refractivity contribution in [3.05, 3.63) is 0 Å². The Morgan fingerprint density at radius 1 is 0.500 bits per heavy atom. The minimum absolute atomic E-state index is 0. The van der Waals surface area contributed by atoms with Gasteiger partial charge in [0.1, 0.15) is 0 Å².